The van der Waals surface area contributed by atoms with Crippen LogP contribution in [-0.2, 0) is 6.61 Å². The molecule has 3 aromatic rings. The first-order valence-corrected chi connectivity index (χ1v) is 8.17. The molecule has 1 N–H and O–H groups in total. The first-order valence-electron chi connectivity index (χ1n) is 8.17. The molecule has 0 unspecified atom stereocenters. The summed E-state index contributed by atoms with van der Waals surface area (Å²) >= 11 is 0. The number of amides is 1. The number of carbonyl (C=O) groups excluding carboxylic acids is 1. The van der Waals surface area contributed by atoms with Crippen molar-refractivity contribution in [2.45, 2.75) is 20.5 Å². The molecule has 0 saturated carbocycles. The molecule has 0 aliphatic rings. The number of benzene rings is 2. The van der Waals surface area contributed by atoms with Gasteiger partial charge in [-0.3, -0.25) is 4.79 Å². The molecule has 0 radical (unpaired) electrons. The van der Waals surface area contributed by atoms with Gasteiger partial charge in [-0.2, -0.15) is 0 Å². The van der Waals surface area contributed by atoms with E-state index >= 15 is 0 Å². The van der Waals surface area contributed by atoms with Gasteiger partial charge in [0.1, 0.15) is 23.9 Å². The number of hydrogen-bond donors (Lipinski definition) is 1. The summed E-state index contributed by atoms with van der Waals surface area (Å²) in [5, 5.41) is 13.3. The molecular weight excluding hydrogens is 332 g/mol. The molecular formula is C20H20N2O4. The summed E-state index contributed by atoms with van der Waals surface area (Å²) in [6.45, 7) is 4.03. The zero-order chi connectivity index (χ0) is 18.7. The molecule has 1 aromatic heterocycles. The van der Waals surface area contributed by atoms with Gasteiger partial charge < -0.3 is 19.3 Å². The maximum atomic E-state index is 12.7. The third-order valence-corrected chi connectivity index (χ3v) is 4.19. The highest BCUT2D eigenvalue weighted by molar-refractivity contribution is 6.05. The number of carbonyl (C=O) groups is 1. The van der Waals surface area contributed by atoms with Crippen LogP contribution in [0.3, 0.4) is 0 Å². The molecule has 6 heteroatoms. The standard InChI is InChI=1S/C20H20N2O4/c1-13-19(14(2)26-21-13)12-25-18-6-4-5-15(11-18)20(24)22(3)16-7-9-17(23)10-8-16/h4-11,23H,12H2,1-3H3. The number of nitrogens with zero attached hydrogens (tertiary/aromatic N) is 2. The van der Waals surface area contributed by atoms with E-state index in [4.69, 9.17) is 9.26 Å². The van der Waals surface area contributed by atoms with E-state index in [1.807, 2.05) is 13.8 Å². The number of hydrogen-bond acceptors (Lipinski definition) is 5. The summed E-state index contributed by atoms with van der Waals surface area (Å²) in [6, 6.07) is 13.5. The number of anilines is 1. The van der Waals surface area contributed by atoms with Gasteiger partial charge in [-0.05, 0) is 56.3 Å². The van der Waals surface area contributed by atoms with Crippen molar-refractivity contribution >= 4 is 11.6 Å². The van der Waals surface area contributed by atoms with Gasteiger partial charge in [-0.25, -0.2) is 0 Å². The van der Waals surface area contributed by atoms with Crippen LogP contribution in [0.4, 0.5) is 5.69 Å². The summed E-state index contributed by atoms with van der Waals surface area (Å²) in [7, 11) is 1.69. The molecule has 0 aliphatic carbocycles. The predicted octanol–water partition coefficient (Wildman–Crippen LogP) is 3.85. The number of aromatic hydroxyl groups is 1. The highest BCUT2D eigenvalue weighted by Crippen LogP contribution is 2.22. The Hall–Kier alpha value is -3.28. The summed E-state index contributed by atoms with van der Waals surface area (Å²) in [5.41, 5.74) is 2.90. The van der Waals surface area contributed by atoms with Crippen LogP contribution >= 0.6 is 0 Å². The van der Waals surface area contributed by atoms with Crippen LogP contribution in [0, 0.1) is 13.8 Å². The molecule has 3 rings (SSSR count). The van der Waals surface area contributed by atoms with Crippen molar-refractivity contribution in [1.29, 1.82) is 0 Å². The van der Waals surface area contributed by atoms with Crippen LogP contribution < -0.4 is 9.64 Å². The third-order valence-electron chi connectivity index (χ3n) is 4.19. The number of aryl methyl sites for hydroxylation is 2. The van der Waals surface area contributed by atoms with E-state index in [1.54, 1.807) is 55.6 Å². The fourth-order valence-corrected chi connectivity index (χ4v) is 2.57. The lowest BCUT2D eigenvalue weighted by molar-refractivity contribution is 0.0992. The maximum Gasteiger partial charge on any atom is 0.258 e. The number of aromatic nitrogens is 1. The van der Waals surface area contributed by atoms with Gasteiger partial charge in [0.15, 0.2) is 0 Å². The van der Waals surface area contributed by atoms with E-state index in [2.05, 4.69) is 5.16 Å². The molecule has 0 fully saturated rings. The molecule has 0 spiro atoms. The van der Waals surface area contributed by atoms with Crippen LogP contribution in [0.5, 0.6) is 11.5 Å². The lowest BCUT2D eigenvalue weighted by Gasteiger charge is -2.18. The average Bonchev–Trinajstić information content (AvgIpc) is 2.97. The van der Waals surface area contributed by atoms with Crippen molar-refractivity contribution in [3.63, 3.8) is 0 Å². The topological polar surface area (TPSA) is 75.8 Å². The fourth-order valence-electron chi connectivity index (χ4n) is 2.57. The van der Waals surface area contributed by atoms with Crippen molar-refractivity contribution in [2.24, 2.45) is 0 Å². The van der Waals surface area contributed by atoms with Crippen LogP contribution in [0.2, 0.25) is 0 Å². The molecule has 0 aliphatic heterocycles. The van der Waals surface area contributed by atoms with Gasteiger partial charge in [0, 0.05) is 18.3 Å². The molecule has 1 heterocycles. The highest BCUT2D eigenvalue weighted by Gasteiger charge is 2.15. The smallest absolute Gasteiger partial charge is 0.258 e. The minimum atomic E-state index is -0.168. The largest absolute Gasteiger partial charge is 0.508 e. The lowest BCUT2D eigenvalue weighted by Crippen LogP contribution is -2.26. The summed E-state index contributed by atoms with van der Waals surface area (Å²) in [4.78, 5) is 14.2. The molecule has 6 nitrogen and oxygen atoms in total. The van der Waals surface area contributed by atoms with Crippen molar-refractivity contribution in [1.82, 2.24) is 5.16 Å². The molecule has 0 bridgehead atoms. The summed E-state index contributed by atoms with van der Waals surface area (Å²) in [5.74, 6) is 1.31. The van der Waals surface area contributed by atoms with Gasteiger partial charge in [0.05, 0.1) is 11.3 Å². The Labute approximate surface area is 151 Å². The second kappa shape index (κ2) is 7.31. The second-order valence-electron chi connectivity index (χ2n) is 6.00. The number of phenolic OH excluding ortho intramolecular Hbond substituents is 1. The van der Waals surface area contributed by atoms with Crippen molar-refractivity contribution in [3.8, 4) is 11.5 Å². The zero-order valence-corrected chi connectivity index (χ0v) is 14.9. The Bertz CT molecular complexity index is 896. The maximum absolute atomic E-state index is 12.7. The Kier molecular flexibility index (Phi) is 4.93. The molecule has 0 saturated heterocycles. The number of phenols is 1. The SMILES string of the molecule is Cc1noc(C)c1COc1cccc(C(=O)N(C)c2ccc(O)cc2)c1. The first-order chi connectivity index (χ1) is 12.5. The number of ether oxygens (including phenoxy) is 1. The van der Waals surface area contributed by atoms with E-state index in [0.717, 1.165) is 17.0 Å². The van der Waals surface area contributed by atoms with E-state index in [0.29, 0.717) is 23.6 Å². The minimum Gasteiger partial charge on any atom is -0.508 e. The zero-order valence-electron chi connectivity index (χ0n) is 14.9. The average molecular weight is 352 g/mol. The normalized spacial score (nSPS) is 10.6. The fraction of sp³-hybridized carbons (Fsp3) is 0.200. The number of rotatable bonds is 5. The van der Waals surface area contributed by atoms with Gasteiger partial charge >= 0.3 is 0 Å². The second-order valence-corrected chi connectivity index (χ2v) is 6.00. The van der Waals surface area contributed by atoms with Crippen LogP contribution in [0.15, 0.2) is 53.1 Å². The van der Waals surface area contributed by atoms with Crippen molar-refractivity contribution in [2.75, 3.05) is 11.9 Å². The van der Waals surface area contributed by atoms with E-state index in [-0.39, 0.29) is 11.7 Å². The van der Waals surface area contributed by atoms with Gasteiger partial charge in [-0.15, -0.1) is 0 Å². The molecule has 1 amide bonds. The molecule has 26 heavy (non-hydrogen) atoms. The van der Waals surface area contributed by atoms with E-state index < -0.39 is 0 Å². The minimum absolute atomic E-state index is 0.157. The van der Waals surface area contributed by atoms with Crippen LogP contribution in [0.25, 0.3) is 0 Å². The quantitative estimate of drug-likeness (QED) is 0.755. The highest BCUT2D eigenvalue weighted by atomic mass is 16.5. The Morgan fingerprint density at radius 2 is 1.92 bits per heavy atom. The van der Waals surface area contributed by atoms with Crippen molar-refractivity contribution in [3.05, 3.63) is 71.1 Å². The Morgan fingerprint density at radius 3 is 2.58 bits per heavy atom. The third kappa shape index (κ3) is 3.69. The Morgan fingerprint density at radius 1 is 1.19 bits per heavy atom. The molecule has 2 aromatic carbocycles. The van der Waals surface area contributed by atoms with E-state index in [9.17, 15) is 9.90 Å². The van der Waals surface area contributed by atoms with Gasteiger partial charge in [0.25, 0.3) is 5.91 Å². The molecule has 134 valence electrons. The Balaban J connectivity index is 1.74. The molecule has 0 atom stereocenters. The lowest BCUT2D eigenvalue weighted by atomic mass is 10.1. The summed E-state index contributed by atoms with van der Waals surface area (Å²) in [6.07, 6.45) is 0. The predicted molar refractivity (Wildman–Crippen MR) is 97.6 cm³/mol. The first kappa shape index (κ1) is 17.5. The monoisotopic (exact) mass is 352 g/mol. The van der Waals surface area contributed by atoms with Crippen LogP contribution in [-0.4, -0.2) is 23.2 Å². The van der Waals surface area contributed by atoms with Gasteiger partial charge in [0.2, 0.25) is 0 Å². The van der Waals surface area contributed by atoms with E-state index in [1.165, 1.54) is 4.90 Å². The summed E-state index contributed by atoms with van der Waals surface area (Å²) < 4.78 is 10.9. The van der Waals surface area contributed by atoms with Crippen molar-refractivity contribution < 1.29 is 19.2 Å². The van der Waals surface area contributed by atoms with Gasteiger partial charge in [-0.1, -0.05) is 11.2 Å². The van der Waals surface area contributed by atoms with Crippen LogP contribution in [0.1, 0.15) is 27.4 Å².